The van der Waals surface area contributed by atoms with Gasteiger partial charge in [0.1, 0.15) is 12.1 Å². The summed E-state index contributed by atoms with van der Waals surface area (Å²) in [5, 5.41) is 3.44. The fraction of sp³-hybridized carbons (Fsp3) is 0.714. The molecule has 1 aliphatic heterocycles. The van der Waals surface area contributed by atoms with Gasteiger partial charge in [0.15, 0.2) is 0 Å². The largest absolute Gasteiger partial charge is 0.478 e. The quantitative estimate of drug-likeness (QED) is 0.847. The maximum Gasteiger partial charge on any atom is 0.218 e. The van der Waals surface area contributed by atoms with Crippen molar-refractivity contribution < 1.29 is 4.74 Å². The monoisotopic (exact) mass is 264 g/mol. The maximum absolute atomic E-state index is 5.44. The van der Waals surface area contributed by atoms with Gasteiger partial charge in [-0.25, -0.2) is 9.97 Å². The summed E-state index contributed by atoms with van der Waals surface area (Å²) < 4.78 is 5.44. The lowest BCUT2D eigenvalue weighted by atomic mass is 9.98. The number of anilines is 1. The Labute approximate surface area is 115 Å². The van der Waals surface area contributed by atoms with Crippen LogP contribution >= 0.6 is 0 Å². The van der Waals surface area contributed by atoms with Crippen LogP contribution in [-0.4, -0.2) is 42.8 Å². The summed E-state index contributed by atoms with van der Waals surface area (Å²) in [6.07, 6.45) is 4.12. The van der Waals surface area contributed by atoms with E-state index in [1.54, 1.807) is 6.33 Å². The molecule has 0 saturated carbocycles. The zero-order chi connectivity index (χ0) is 13.5. The molecule has 0 radical (unpaired) electrons. The van der Waals surface area contributed by atoms with Crippen molar-refractivity contribution >= 4 is 5.82 Å². The van der Waals surface area contributed by atoms with E-state index < -0.39 is 0 Å². The molecule has 106 valence electrons. The zero-order valence-electron chi connectivity index (χ0n) is 11.9. The highest BCUT2D eigenvalue weighted by atomic mass is 16.5. The first-order valence-corrected chi connectivity index (χ1v) is 7.24. The van der Waals surface area contributed by atoms with Crippen LogP contribution in [0.2, 0.25) is 0 Å². The summed E-state index contributed by atoms with van der Waals surface area (Å²) in [4.78, 5) is 10.8. The molecule has 1 aliphatic rings. The minimum absolute atomic E-state index is 0.638. The van der Waals surface area contributed by atoms with E-state index in [2.05, 4.69) is 27.1 Å². The van der Waals surface area contributed by atoms with Crippen LogP contribution in [0.3, 0.4) is 0 Å². The number of nitrogens with one attached hydrogen (secondary N) is 1. The highest BCUT2D eigenvalue weighted by Crippen LogP contribution is 2.22. The number of hydrogen-bond acceptors (Lipinski definition) is 5. The molecular formula is C14H24N4O. The smallest absolute Gasteiger partial charge is 0.218 e. The Morgan fingerprint density at radius 2 is 2.32 bits per heavy atom. The van der Waals surface area contributed by atoms with Gasteiger partial charge in [0.25, 0.3) is 0 Å². The molecule has 2 rings (SSSR count). The van der Waals surface area contributed by atoms with Crippen molar-refractivity contribution in [2.75, 3.05) is 37.7 Å². The molecule has 0 aliphatic carbocycles. The number of hydrogen-bond donors (Lipinski definition) is 1. The summed E-state index contributed by atoms with van der Waals surface area (Å²) in [6, 6.07) is 1.94. The van der Waals surface area contributed by atoms with E-state index in [9.17, 15) is 0 Å². The molecule has 0 aromatic carbocycles. The Kier molecular flexibility index (Phi) is 5.39. The molecule has 1 atom stereocenters. The summed E-state index contributed by atoms with van der Waals surface area (Å²) in [7, 11) is 0. The molecule has 1 aromatic rings. The molecular weight excluding hydrogens is 240 g/mol. The lowest BCUT2D eigenvalue weighted by molar-refractivity contribution is 0.325. The Bertz CT molecular complexity index is 385. The first kappa shape index (κ1) is 14.1. The second-order valence-corrected chi connectivity index (χ2v) is 4.91. The predicted octanol–water partition coefficient (Wildman–Crippen LogP) is 1.70. The summed E-state index contributed by atoms with van der Waals surface area (Å²) >= 11 is 0. The fourth-order valence-electron chi connectivity index (χ4n) is 2.52. The molecule has 1 N–H and O–H groups in total. The van der Waals surface area contributed by atoms with Crippen molar-refractivity contribution in [3.8, 4) is 5.88 Å². The number of aromatic nitrogens is 2. The van der Waals surface area contributed by atoms with Crippen LogP contribution in [0.15, 0.2) is 12.4 Å². The SMILES string of the molecule is CCNCC1CCCN(c2cc(OCC)ncn2)C1. The summed E-state index contributed by atoms with van der Waals surface area (Å²) in [5.74, 6) is 2.36. The summed E-state index contributed by atoms with van der Waals surface area (Å²) in [5.41, 5.74) is 0. The van der Waals surface area contributed by atoms with Gasteiger partial charge in [-0.05, 0) is 38.8 Å². The van der Waals surface area contributed by atoms with E-state index >= 15 is 0 Å². The summed E-state index contributed by atoms with van der Waals surface area (Å²) in [6.45, 7) is 9.03. The number of nitrogens with zero attached hydrogens (tertiary/aromatic N) is 3. The second kappa shape index (κ2) is 7.28. The van der Waals surface area contributed by atoms with Crippen molar-refractivity contribution in [3.63, 3.8) is 0 Å². The van der Waals surface area contributed by atoms with Gasteiger partial charge in [-0.3, -0.25) is 0 Å². The van der Waals surface area contributed by atoms with Gasteiger partial charge in [-0.1, -0.05) is 6.92 Å². The van der Waals surface area contributed by atoms with E-state index in [4.69, 9.17) is 4.74 Å². The van der Waals surface area contributed by atoms with Gasteiger partial charge in [0, 0.05) is 19.2 Å². The topological polar surface area (TPSA) is 50.3 Å². The maximum atomic E-state index is 5.44. The van der Waals surface area contributed by atoms with Crippen molar-refractivity contribution in [1.29, 1.82) is 0 Å². The van der Waals surface area contributed by atoms with E-state index in [1.165, 1.54) is 12.8 Å². The van der Waals surface area contributed by atoms with Crippen LogP contribution < -0.4 is 15.0 Å². The first-order valence-electron chi connectivity index (χ1n) is 7.24. The lowest BCUT2D eigenvalue weighted by Crippen LogP contribution is -2.40. The Hall–Kier alpha value is -1.36. The number of rotatable bonds is 6. The fourth-order valence-corrected chi connectivity index (χ4v) is 2.52. The Morgan fingerprint density at radius 3 is 3.11 bits per heavy atom. The molecule has 1 unspecified atom stereocenters. The van der Waals surface area contributed by atoms with Gasteiger partial charge in [0.2, 0.25) is 5.88 Å². The third-order valence-electron chi connectivity index (χ3n) is 3.45. The van der Waals surface area contributed by atoms with Crippen molar-refractivity contribution in [1.82, 2.24) is 15.3 Å². The van der Waals surface area contributed by atoms with Crippen LogP contribution in [0.5, 0.6) is 5.88 Å². The third-order valence-corrected chi connectivity index (χ3v) is 3.45. The normalized spacial score (nSPS) is 19.5. The Morgan fingerprint density at radius 1 is 1.42 bits per heavy atom. The molecule has 0 spiro atoms. The van der Waals surface area contributed by atoms with E-state index in [1.807, 2.05) is 13.0 Å². The van der Waals surface area contributed by atoms with Crippen LogP contribution in [0.1, 0.15) is 26.7 Å². The van der Waals surface area contributed by atoms with Crippen LogP contribution in [0.25, 0.3) is 0 Å². The van der Waals surface area contributed by atoms with Gasteiger partial charge in [0.05, 0.1) is 6.61 Å². The standard InChI is InChI=1S/C14H24N4O/c1-3-15-9-12-6-5-7-18(10-12)13-8-14(19-4-2)17-11-16-13/h8,11-12,15H,3-7,9-10H2,1-2H3. The zero-order valence-corrected chi connectivity index (χ0v) is 11.9. The van der Waals surface area contributed by atoms with Gasteiger partial charge < -0.3 is 15.0 Å². The lowest BCUT2D eigenvalue weighted by Gasteiger charge is -2.33. The molecule has 19 heavy (non-hydrogen) atoms. The van der Waals surface area contributed by atoms with Crippen molar-refractivity contribution in [3.05, 3.63) is 12.4 Å². The second-order valence-electron chi connectivity index (χ2n) is 4.91. The average molecular weight is 264 g/mol. The molecule has 2 heterocycles. The third kappa shape index (κ3) is 4.06. The van der Waals surface area contributed by atoms with Crippen LogP contribution in [0, 0.1) is 5.92 Å². The minimum Gasteiger partial charge on any atom is -0.478 e. The molecule has 1 saturated heterocycles. The predicted molar refractivity (Wildman–Crippen MR) is 76.7 cm³/mol. The molecule has 0 bridgehead atoms. The molecule has 0 amide bonds. The Balaban J connectivity index is 1.98. The highest BCUT2D eigenvalue weighted by molar-refractivity contribution is 5.41. The number of piperidine rings is 1. The van der Waals surface area contributed by atoms with Crippen LogP contribution in [0.4, 0.5) is 5.82 Å². The minimum atomic E-state index is 0.638. The average Bonchev–Trinajstić information content (AvgIpc) is 2.46. The van der Waals surface area contributed by atoms with Gasteiger partial charge >= 0.3 is 0 Å². The van der Waals surface area contributed by atoms with E-state index in [-0.39, 0.29) is 0 Å². The van der Waals surface area contributed by atoms with Gasteiger partial charge in [-0.2, -0.15) is 0 Å². The van der Waals surface area contributed by atoms with E-state index in [0.29, 0.717) is 18.4 Å². The van der Waals surface area contributed by atoms with Gasteiger partial charge in [-0.15, -0.1) is 0 Å². The van der Waals surface area contributed by atoms with E-state index in [0.717, 1.165) is 32.0 Å². The van der Waals surface area contributed by atoms with Crippen molar-refractivity contribution in [2.24, 2.45) is 5.92 Å². The molecule has 1 fully saturated rings. The molecule has 5 heteroatoms. The number of ether oxygens (including phenoxy) is 1. The van der Waals surface area contributed by atoms with Crippen molar-refractivity contribution in [2.45, 2.75) is 26.7 Å². The first-order chi connectivity index (χ1) is 9.33. The molecule has 1 aromatic heterocycles. The molecule has 5 nitrogen and oxygen atoms in total. The van der Waals surface area contributed by atoms with Crippen LogP contribution in [-0.2, 0) is 0 Å². The highest BCUT2D eigenvalue weighted by Gasteiger charge is 2.20.